The van der Waals surface area contributed by atoms with Crippen molar-refractivity contribution < 1.29 is 14.3 Å². The number of ether oxygens (including phenoxy) is 2. The van der Waals surface area contributed by atoms with Crippen LogP contribution in [-0.4, -0.2) is 40.1 Å². The number of thioether (sulfide) groups is 1. The Balaban J connectivity index is 1.85. The first-order chi connectivity index (χ1) is 14.5. The number of halogens is 1. The Bertz CT molecular complexity index is 1010. The van der Waals surface area contributed by atoms with Crippen LogP contribution in [0.25, 0.3) is 5.69 Å². The van der Waals surface area contributed by atoms with E-state index >= 15 is 0 Å². The third-order valence-electron chi connectivity index (χ3n) is 4.25. The predicted molar refractivity (Wildman–Crippen MR) is 118 cm³/mol. The van der Waals surface area contributed by atoms with Crippen molar-refractivity contribution in [1.82, 2.24) is 20.1 Å². The molecule has 0 fully saturated rings. The Labute approximate surface area is 184 Å². The number of nitrogens with zero attached hydrogens (tertiary/aromatic N) is 3. The van der Waals surface area contributed by atoms with Crippen molar-refractivity contribution in [3.8, 4) is 17.2 Å². The molecule has 0 saturated carbocycles. The molecule has 1 N–H and O–H groups in total. The van der Waals surface area contributed by atoms with Gasteiger partial charge in [-0.3, -0.25) is 9.36 Å². The number of nitrogens with one attached hydrogen (secondary N) is 1. The summed E-state index contributed by atoms with van der Waals surface area (Å²) in [7, 11) is 1.62. The highest BCUT2D eigenvalue weighted by atomic mass is 35.5. The van der Waals surface area contributed by atoms with Gasteiger partial charge in [0.25, 0.3) is 0 Å². The van der Waals surface area contributed by atoms with Crippen LogP contribution in [-0.2, 0) is 11.4 Å². The predicted octanol–water partition coefficient (Wildman–Crippen LogP) is 4.04. The highest BCUT2D eigenvalue weighted by Crippen LogP contribution is 2.26. The van der Waals surface area contributed by atoms with Crippen LogP contribution < -0.4 is 14.8 Å². The van der Waals surface area contributed by atoms with E-state index in [1.54, 1.807) is 7.11 Å². The number of benzene rings is 2. The first-order valence-electron chi connectivity index (χ1n) is 9.39. The average molecular weight is 447 g/mol. The lowest BCUT2D eigenvalue weighted by atomic mass is 10.2. The minimum atomic E-state index is -0.0602. The van der Waals surface area contributed by atoms with Gasteiger partial charge in [0.05, 0.1) is 18.6 Å². The summed E-state index contributed by atoms with van der Waals surface area (Å²) < 4.78 is 12.9. The zero-order valence-electron chi connectivity index (χ0n) is 17.0. The Morgan fingerprint density at radius 1 is 1.17 bits per heavy atom. The Morgan fingerprint density at radius 3 is 2.57 bits per heavy atom. The largest absolute Gasteiger partial charge is 0.497 e. The lowest BCUT2D eigenvalue weighted by Crippen LogP contribution is -2.24. The van der Waals surface area contributed by atoms with Crippen molar-refractivity contribution >= 4 is 29.3 Å². The highest BCUT2D eigenvalue weighted by molar-refractivity contribution is 7.99. The molecule has 0 bridgehead atoms. The summed E-state index contributed by atoms with van der Waals surface area (Å²) in [6, 6.07) is 13.0. The lowest BCUT2D eigenvalue weighted by molar-refractivity contribution is -0.118. The van der Waals surface area contributed by atoms with E-state index in [2.05, 4.69) is 15.5 Å². The normalized spacial score (nSPS) is 10.7. The van der Waals surface area contributed by atoms with Crippen LogP contribution in [0, 0.1) is 6.92 Å². The van der Waals surface area contributed by atoms with Gasteiger partial charge in [0.1, 0.15) is 18.1 Å². The van der Waals surface area contributed by atoms with Crippen molar-refractivity contribution in [2.75, 3.05) is 19.4 Å². The molecule has 1 amide bonds. The van der Waals surface area contributed by atoms with Gasteiger partial charge < -0.3 is 14.8 Å². The molecule has 0 aliphatic rings. The minimum Gasteiger partial charge on any atom is -0.497 e. The van der Waals surface area contributed by atoms with E-state index in [-0.39, 0.29) is 18.3 Å². The van der Waals surface area contributed by atoms with Crippen LogP contribution in [0.5, 0.6) is 11.5 Å². The maximum Gasteiger partial charge on any atom is 0.230 e. The molecule has 0 spiro atoms. The standard InChI is InChI=1S/C21H23ClN4O3S/c1-4-23-20(27)13-30-21-25-24-19(12-29-17-9-7-16(28-3)8-10-17)26(21)15-6-5-14(2)18(22)11-15/h5-11H,4,12-13H2,1-3H3,(H,23,27). The molecule has 0 unspecified atom stereocenters. The number of carbonyl (C=O) groups is 1. The summed E-state index contributed by atoms with van der Waals surface area (Å²) in [6.45, 7) is 4.61. The SMILES string of the molecule is CCNC(=O)CSc1nnc(COc2ccc(OC)cc2)n1-c1ccc(C)c(Cl)c1. The second-order valence-electron chi connectivity index (χ2n) is 6.37. The van der Waals surface area contributed by atoms with Gasteiger partial charge in [-0.2, -0.15) is 0 Å². The molecule has 0 saturated heterocycles. The van der Waals surface area contributed by atoms with Crippen LogP contribution >= 0.6 is 23.4 Å². The first-order valence-corrected chi connectivity index (χ1v) is 10.7. The van der Waals surface area contributed by atoms with Gasteiger partial charge in [-0.1, -0.05) is 29.4 Å². The van der Waals surface area contributed by atoms with Crippen molar-refractivity contribution in [2.45, 2.75) is 25.6 Å². The van der Waals surface area contributed by atoms with E-state index in [4.69, 9.17) is 21.1 Å². The van der Waals surface area contributed by atoms with Gasteiger partial charge in [0.15, 0.2) is 11.0 Å². The molecular formula is C21H23ClN4O3S. The number of methoxy groups -OCH3 is 1. The van der Waals surface area contributed by atoms with Gasteiger partial charge in [-0.15, -0.1) is 10.2 Å². The zero-order chi connectivity index (χ0) is 21.5. The number of hydrogen-bond donors (Lipinski definition) is 1. The molecule has 3 rings (SSSR count). The number of carbonyl (C=O) groups excluding carboxylic acids is 1. The molecule has 0 radical (unpaired) electrons. The molecule has 0 aliphatic carbocycles. The number of aromatic nitrogens is 3. The molecule has 1 aromatic heterocycles. The molecule has 0 aliphatic heterocycles. The zero-order valence-corrected chi connectivity index (χ0v) is 18.6. The molecule has 30 heavy (non-hydrogen) atoms. The summed E-state index contributed by atoms with van der Waals surface area (Å²) in [6.07, 6.45) is 0. The maximum atomic E-state index is 11.9. The van der Waals surface area contributed by atoms with E-state index in [0.29, 0.717) is 28.3 Å². The van der Waals surface area contributed by atoms with Gasteiger partial charge in [0.2, 0.25) is 5.91 Å². The smallest absolute Gasteiger partial charge is 0.230 e. The molecule has 2 aromatic carbocycles. The van der Waals surface area contributed by atoms with Crippen molar-refractivity contribution in [2.24, 2.45) is 0 Å². The van der Waals surface area contributed by atoms with E-state index in [1.165, 1.54) is 11.8 Å². The van der Waals surface area contributed by atoms with E-state index in [9.17, 15) is 4.79 Å². The first kappa shape index (κ1) is 22.0. The molecule has 9 heteroatoms. The molecule has 7 nitrogen and oxygen atoms in total. The fourth-order valence-electron chi connectivity index (χ4n) is 2.67. The molecule has 3 aromatic rings. The van der Waals surface area contributed by atoms with Gasteiger partial charge in [-0.05, 0) is 55.8 Å². The second kappa shape index (κ2) is 10.4. The number of amides is 1. The topological polar surface area (TPSA) is 78.3 Å². The monoisotopic (exact) mass is 446 g/mol. The van der Waals surface area contributed by atoms with Crippen LogP contribution in [0.4, 0.5) is 0 Å². The van der Waals surface area contributed by atoms with E-state index < -0.39 is 0 Å². The maximum absolute atomic E-state index is 11.9. The Kier molecular flexibility index (Phi) is 7.59. The van der Waals surface area contributed by atoms with Crippen molar-refractivity contribution in [1.29, 1.82) is 0 Å². The fraction of sp³-hybridized carbons (Fsp3) is 0.286. The van der Waals surface area contributed by atoms with Crippen LogP contribution in [0.1, 0.15) is 18.3 Å². The van der Waals surface area contributed by atoms with E-state index in [0.717, 1.165) is 17.0 Å². The molecular weight excluding hydrogens is 424 g/mol. The Morgan fingerprint density at radius 2 is 1.90 bits per heavy atom. The van der Waals surface area contributed by atoms with Gasteiger partial charge in [0, 0.05) is 11.6 Å². The van der Waals surface area contributed by atoms with E-state index in [1.807, 2.05) is 60.9 Å². The van der Waals surface area contributed by atoms with Crippen LogP contribution in [0.15, 0.2) is 47.6 Å². The summed E-state index contributed by atoms with van der Waals surface area (Å²) >= 11 is 7.65. The third kappa shape index (κ3) is 5.46. The number of hydrogen-bond acceptors (Lipinski definition) is 6. The third-order valence-corrected chi connectivity index (χ3v) is 5.58. The summed E-state index contributed by atoms with van der Waals surface area (Å²) in [4.78, 5) is 11.9. The molecule has 1 heterocycles. The van der Waals surface area contributed by atoms with Gasteiger partial charge >= 0.3 is 0 Å². The quantitative estimate of drug-likeness (QED) is 0.500. The highest BCUT2D eigenvalue weighted by Gasteiger charge is 2.17. The minimum absolute atomic E-state index is 0.0602. The summed E-state index contributed by atoms with van der Waals surface area (Å²) in [5.41, 5.74) is 1.78. The summed E-state index contributed by atoms with van der Waals surface area (Å²) in [5, 5.41) is 12.6. The number of rotatable bonds is 9. The molecule has 0 atom stereocenters. The fourth-order valence-corrected chi connectivity index (χ4v) is 3.64. The van der Waals surface area contributed by atoms with Gasteiger partial charge in [-0.25, -0.2) is 0 Å². The molecule has 158 valence electrons. The van der Waals surface area contributed by atoms with Crippen molar-refractivity contribution in [3.63, 3.8) is 0 Å². The number of aryl methyl sites for hydroxylation is 1. The van der Waals surface area contributed by atoms with Crippen molar-refractivity contribution in [3.05, 3.63) is 58.9 Å². The lowest BCUT2D eigenvalue weighted by Gasteiger charge is -2.12. The Hall–Kier alpha value is -2.71. The average Bonchev–Trinajstić information content (AvgIpc) is 3.16. The second-order valence-corrected chi connectivity index (χ2v) is 7.72. The van der Waals surface area contributed by atoms with Crippen LogP contribution in [0.2, 0.25) is 5.02 Å². The summed E-state index contributed by atoms with van der Waals surface area (Å²) in [5.74, 6) is 2.22. The van der Waals surface area contributed by atoms with Crippen LogP contribution in [0.3, 0.4) is 0 Å².